The van der Waals surface area contributed by atoms with Crippen LogP contribution in [0.5, 0.6) is 5.75 Å². The van der Waals surface area contributed by atoms with E-state index in [0.717, 1.165) is 0 Å². The molecule has 0 spiro atoms. The van der Waals surface area contributed by atoms with Gasteiger partial charge in [0, 0.05) is 11.9 Å². The molecule has 0 aliphatic rings. The van der Waals surface area contributed by atoms with Crippen molar-refractivity contribution in [2.75, 3.05) is 5.73 Å². The van der Waals surface area contributed by atoms with Crippen molar-refractivity contribution in [3.05, 3.63) is 59.9 Å². The second kappa shape index (κ2) is 5.36. The Balaban J connectivity index is 1.94. The number of hydrogen-bond donors (Lipinski definition) is 2. The lowest BCUT2D eigenvalue weighted by atomic mass is 10.3. The highest BCUT2D eigenvalue weighted by atomic mass is 19.1. The number of nitrogens with zero attached hydrogens (tertiary/aromatic N) is 2. The lowest BCUT2D eigenvalue weighted by molar-refractivity contribution is 0.0693. The molecule has 3 N–H and O–H groups in total. The molecule has 0 aliphatic heterocycles. The van der Waals surface area contributed by atoms with Gasteiger partial charge in [0.05, 0.1) is 5.52 Å². The predicted octanol–water partition coefficient (Wildman–Crippen LogP) is 2.33. The molecule has 1 aromatic carbocycles. The van der Waals surface area contributed by atoms with Crippen LogP contribution in [0.25, 0.3) is 5.52 Å². The summed E-state index contributed by atoms with van der Waals surface area (Å²) in [5.41, 5.74) is 6.56. The van der Waals surface area contributed by atoms with Crippen molar-refractivity contribution in [3.63, 3.8) is 0 Å². The number of rotatable bonds is 4. The maximum Gasteiger partial charge on any atom is 0.356 e. The average Bonchev–Trinajstić information content (AvgIpc) is 2.85. The van der Waals surface area contributed by atoms with E-state index in [1.54, 1.807) is 22.7 Å². The molecular formula is C15H12FN3O3. The Labute approximate surface area is 124 Å². The number of carboxylic acids is 1. The van der Waals surface area contributed by atoms with Gasteiger partial charge in [-0.25, -0.2) is 14.2 Å². The van der Waals surface area contributed by atoms with E-state index < -0.39 is 5.97 Å². The molecule has 2 heterocycles. The summed E-state index contributed by atoms with van der Waals surface area (Å²) in [6.07, 6.45) is 1.58. The third-order valence-electron chi connectivity index (χ3n) is 3.12. The molecule has 0 bridgehead atoms. The summed E-state index contributed by atoms with van der Waals surface area (Å²) >= 11 is 0. The highest BCUT2D eigenvalue weighted by molar-refractivity contribution is 5.93. The maximum atomic E-state index is 12.8. The van der Waals surface area contributed by atoms with Crippen LogP contribution < -0.4 is 10.5 Å². The molecule has 3 aromatic rings. The summed E-state index contributed by atoms with van der Waals surface area (Å²) in [5, 5.41) is 9.19. The molecule has 0 saturated heterocycles. The first-order chi connectivity index (χ1) is 10.5. The largest absolute Gasteiger partial charge is 0.486 e. The molecule has 0 fully saturated rings. The number of carbonyl (C=O) groups is 1. The summed E-state index contributed by atoms with van der Waals surface area (Å²) in [6, 6.07) is 8.72. The quantitative estimate of drug-likeness (QED) is 0.772. The number of aromatic nitrogens is 2. The van der Waals surface area contributed by atoms with Gasteiger partial charge in [-0.3, -0.25) is 4.40 Å². The standard InChI is InChI=1S/C15H12FN3O3/c16-9-1-4-11(5-2-9)22-8-13-18-14(15(20)21)12-6-3-10(17)7-19(12)13/h1-7H,8,17H2,(H,20,21). The molecule has 0 aliphatic carbocycles. The molecule has 0 saturated carbocycles. The van der Waals surface area contributed by atoms with Crippen LogP contribution >= 0.6 is 0 Å². The molecule has 22 heavy (non-hydrogen) atoms. The molecular weight excluding hydrogens is 289 g/mol. The Bertz CT molecular complexity index is 843. The van der Waals surface area contributed by atoms with Crippen molar-refractivity contribution < 1.29 is 19.0 Å². The van der Waals surface area contributed by atoms with Gasteiger partial charge in [0.15, 0.2) is 11.5 Å². The molecule has 7 heteroatoms. The van der Waals surface area contributed by atoms with Crippen LogP contribution in [0.4, 0.5) is 10.1 Å². The highest BCUT2D eigenvalue weighted by Gasteiger charge is 2.17. The van der Waals surface area contributed by atoms with E-state index in [0.29, 0.717) is 22.8 Å². The lowest BCUT2D eigenvalue weighted by Crippen LogP contribution is -2.02. The molecule has 0 atom stereocenters. The zero-order chi connectivity index (χ0) is 15.7. The first-order valence-corrected chi connectivity index (χ1v) is 6.43. The van der Waals surface area contributed by atoms with Gasteiger partial charge < -0.3 is 15.6 Å². The minimum atomic E-state index is -1.13. The molecule has 0 radical (unpaired) electrons. The van der Waals surface area contributed by atoms with Gasteiger partial charge in [-0.15, -0.1) is 0 Å². The molecule has 112 valence electrons. The number of ether oxygens (including phenoxy) is 1. The maximum absolute atomic E-state index is 12.8. The van der Waals surface area contributed by atoms with Crippen LogP contribution in [0, 0.1) is 5.82 Å². The van der Waals surface area contributed by atoms with Gasteiger partial charge in [-0.1, -0.05) is 0 Å². The Morgan fingerprint density at radius 3 is 2.68 bits per heavy atom. The van der Waals surface area contributed by atoms with E-state index >= 15 is 0 Å². The van der Waals surface area contributed by atoms with Crippen molar-refractivity contribution in [1.82, 2.24) is 9.38 Å². The fourth-order valence-electron chi connectivity index (χ4n) is 2.10. The topological polar surface area (TPSA) is 89.9 Å². The van der Waals surface area contributed by atoms with Gasteiger partial charge in [0.2, 0.25) is 0 Å². The summed E-state index contributed by atoms with van der Waals surface area (Å²) < 4.78 is 19.9. The fourth-order valence-corrected chi connectivity index (χ4v) is 2.10. The number of fused-ring (bicyclic) bond motifs is 1. The van der Waals surface area contributed by atoms with Crippen LogP contribution in [0.15, 0.2) is 42.6 Å². The molecule has 0 amide bonds. The summed E-state index contributed by atoms with van der Waals surface area (Å²) in [7, 11) is 0. The number of halogens is 1. The van der Waals surface area contributed by atoms with Crippen molar-refractivity contribution in [2.24, 2.45) is 0 Å². The number of nitrogen functional groups attached to an aromatic ring is 1. The number of hydrogen-bond acceptors (Lipinski definition) is 4. The smallest absolute Gasteiger partial charge is 0.356 e. The second-order valence-corrected chi connectivity index (χ2v) is 4.64. The zero-order valence-electron chi connectivity index (χ0n) is 11.4. The number of anilines is 1. The van der Waals surface area contributed by atoms with Crippen LogP contribution in [-0.4, -0.2) is 20.5 Å². The lowest BCUT2D eigenvalue weighted by Gasteiger charge is -2.06. The van der Waals surface area contributed by atoms with E-state index in [2.05, 4.69) is 4.98 Å². The summed E-state index contributed by atoms with van der Waals surface area (Å²) in [6.45, 7) is 0.0313. The number of carboxylic acid groups (broad SMARTS) is 1. The molecule has 6 nitrogen and oxygen atoms in total. The van der Waals surface area contributed by atoms with E-state index in [1.165, 1.54) is 24.3 Å². The molecule has 0 unspecified atom stereocenters. The van der Waals surface area contributed by atoms with Crippen LogP contribution in [0.1, 0.15) is 16.3 Å². The number of pyridine rings is 1. The van der Waals surface area contributed by atoms with Crippen LogP contribution in [0.3, 0.4) is 0 Å². The normalized spacial score (nSPS) is 10.8. The monoisotopic (exact) mass is 301 g/mol. The summed E-state index contributed by atoms with van der Waals surface area (Å²) in [5.74, 6) is -0.641. The van der Waals surface area contributed by atoms with Gasteiger partial charge in [0.25, 0.3) is 0 Å². The second-order valence-electron chi connectivity index (χ2n) is 4.64. The van der Waals surface area contributed by atoms with Crippen molar-refractivity contribution in [2.45, 2.75) is 6.61 Å². The Kier molecular flexibility index (Phi) is 3.38. The van der Waals surface area contributed by atoms with Crippen molar-refractivity contribution in [1.29, 1.82) is 0 Å². The third kappa shape index (κ3) is 2.56. The Hall–Kier alpha value is -3.09. The van der Waals surface area contributed by atoms with E-state index in [4.69, 9.17) is 10.5 Å². The van der Waals surface area contributed by atoms with E-state index in [9.17, 15) is 14.3 Å². The Morgan fingerprint density at radius 2 is 2.00 bits per heavy atom. The first-order valence-electron chi connectivity index (χ1n) is 6.43. The predicted molar refractivity (Wildman–Crippen MR) is 77.3 cm³/mol. The van der Waals surface area contributed by atoms with Crippen LogP contribution in [0.2, 0.25) is 0 Å². The van der Waals surface area contributed by atoms with Crippen molar-refractivity contribution >= 4 is 17.2 Å². The minimum Gasteiger partial charge on any atom is -0.486 e. The molecule has 2 aromatic heterocycles. The van der Waals surface area contributed by atoms with Gasteiger partial charge >= 0.3 is 5.97 Å². The third-order valence-corrected chi connectivity index (χ3v) is 3.12. The van der Waals surface area contributed by atoms with Gasteiger partial charge in [0.1, 0.15) is 18.2 Å². The fraction of sp³-hybridized carbons (Fsp3) is 0.0667. The highest BCUT2D eigenvalue weighted by Crippen LogP contribution is 2.18. The average molecular weight is 301 g/mol. The Morgan fingerprint density at radius 1 is 1.27 bits per heavy atom. The van der Waals surface area contributed by atoms with E-state index in [-0.39, 0.29) is 18.1 Å². The molecule has 3 rings (SSSR count). The van der Waals surface area contributed by atoms with E-state index in [1.807, 2.05) is 0 Å². The number of imidazole rings is 1. The number of benzene rings is 1. The zero-order valence-corrected chi connectivity index (χ0v) is 11.4. The number of nitrogens with two attached hydrogens (primary N) is 1. The van der Waals surface area contributed by atoms with Crippen LogP contribution in [-0.2, 0) is 6.61 Å². The SMILES string of the molecule is Nc1ccc2c(C(=O)O)nc(COc3ccc(F)cc3)n2c1. The first kappa shape index (κ1) is 13.9. The van der Waals surface area contributed by atoms with Gasteiger partial charge in [-0.2, -0.15) is 0 Å². The number of aromatic carboxylic acids is 1. The van der Waals surface area contributed by atoms with Crippen molar-refractivity contribution in [3.8, 4) is 5.75 Å². The minimum absolute atomic E-state index is 0.0313. The van der Waals surface area contributed by atoms with Gasteiger partial charge in [-0.05, 0) is 36.4 Å². The summed E-state index contributed by atoms with van der Waals surface area (Å²) in [4.78, 5) is 15.3.